The summed E-state index contributed by atoms with van der Waals surface area (Å²) in [6, 6.07) is 11.4. The third-order valence-corrected chi connectivity index (χ3v) is 4.96. The summed E-state index contributed by atoms with van der Waals surface area (Å²) in [7, 11) is 0. The Labute approximate surface area is 163 Å². The smallest absolute Gasteiger partial charge is 0.248 e. The number of nitrogens with one attached hydrogen (secondary N) is 2. The molecule has 0 bridgehead atoms. The molecule has 27 heavy (non-hydrogen) atoms. The topological polar surface area (TPSA) is 70.4 Å². The van der Waals surface area contributed by atoms with Crippen LogP contribution in [0.1, 0.15) is 30.1 Å². The molecule has 0 aliphatic carbocycles. The Morgan fingerprint density at radius 1 is 1.15 bits per heavy atom. The standard InChI is InChI=1S/C20H23FN4OS/c1-13-8-10-25(11-9-13)18-7-4-15(21)12-17(18)24-20(27)23-16-5-2-14(3-6-16)19(22)26/h2-7,12-13H,8-11H2,1H3,(H2,22,26)(H2,23,24,27). The van der Waals surface area contributed by atoms with Gasteiger partial charge in [-0.25, -0.2) is 4.39 Å². The maximum atomic E-state index is 13.8. The number of nitrogens with two attached hydrogens (primary N) is 1. The minimum absolute atomic E-state index is 0.319. The predicted octanol–water partition coefficient (Wildman–Crippen LogP) is 3.97. The molecule has 1 amide bonds. The van der Waals surface area contributed by atoms with Gasteiger partial charge in [0, 0.05) is 24.3 Å². The van der Waals surface area contributed by atoms with E-state index in [1.54, 1.807) is 30.3 Å². The number of rotatable bonds is 4. The van der Waals surface area contributed by atoms with Crippen molar-refractivity contribution in [1.29, 1.82) is 0 Å². The lowest BCUT2D eigenvalue weighted by Gasteiger charge is -2.33. The molecule has 1 heterocycles. The molecule has 0 spiro atoms. The summed E-state index contributed by atoms with van der Waals surface area (Å²) in [5.41, 5.74) is 7.95. The van der Waals surface area contributed by atoms with Gasteiger partial charge in [0.25, 0.3) is 0 Å². The molecule has 1 aliphatic heterocycles. The van der Waals surface area contributed by atoms with Gasteiger partial charge in [-0.1, -0.05) is 6.92 Å². The quantitative estimate of drug-likeness (QED) is 0.694. The van der Waals surface area contributed by atoms with E-state index in [2.05, 4.69) is 22.5 Å². The van der Waals surface area contributed by atoms with Crippen LogP contribution in [0.3, 0.4) is 0 Å². The number of amides is 1. The first kappa shape index (κ1) is 19.1. The molecular formula is C20H23FN4OS. The number of carbonyl (C=O) groups is 1. The molecule has 1 saturated heterocycles. The lowest BCUT2D eigenvalue weighted by atomic mass is 9.98. The van der Waals surface area contributed by atoms with Crippen molar-refractivity contribution in [3.63, 3.8) is 0 Å². The van der Waals surface area contributed by atoms with E-state index in [-0.39, 0.29) is 5.82 Å². The monoisotopic (exact) mass is 386 g/mol. The Hall–Kier alpha value is -2.67. The van der Waals surface area contributed by atoms with Crippen LogP contribution in [-0.2, 0) is 0 Å². The molecule has 1 aliphatic rings. The van der Waals surface area contributed by atoms with Crippen LogP contribution >= 0.6 is 12.2 Å². The molecule has 3 rings (SSSR count). The van der Waals surface area contributed by atoms with E-state index < -0.39 is 5.91 Å². The zero-order chi connectivity index (χ0) is 19.4. The number of benzene rings is 2. The molecule has 5 nitrogen and oxygen atoms in total. The summed E-state index contributed by atoms with van der Waals surface area (Å²) in [5, 5.41) is 6.48. The van der Waals surface area contributed by atoms with Crippen molar-refractivity contribution in [2.45, 2.75) is 19.8 Å². The first-order valence-corrected chi connectivity index (χ1v) is 9.35. The molecule has 0 radical (unpaired) electrons. The highest BCUT2D eigenvalue weighted by molar-refractivity contribution is 7.80. The number of piperidine rings is 1. The van der Waals surface area contributed by atoms with Gasteiger partial charge < -0.3 is 21.3 Å². The van der Waals surface area contributed by atoms with Crippen LogP contribution in [0.2, 0.25) is 0 Å². The highest BCUT2D eigenvalue weighted by Crippen LogP contribution is 2.30. The molecule has 4 N–H and O–H groups in total. The molecule has 0 unspecified atom stereocenters. The number of hydrogen-bond donors (Lipinski definition) is 3. The van der Waals surface area contributed by atoms with Gasteiger partial charge in [0.15, 0.2) is 5.11 Å². The summed E-state index contributed by atoms with van der Waals surface area (Å²) < 4.78 is 13.8. The fraction of sp³-hybridized carbons (Fsp3) is 0.300. The average molecular weight is 386 g/mol. The van der Waals surface area contributed by atoms with Gasteiger partial charge in [0.2, 0.25) is 5.91 Å². The number of nitrogens with zero attached hydrogens (tertiary/aromatic N) is 1. The maximum absolute atomic E-state index is 13.8. The van der Waals surface area contributed by atoms with Crippen LogP contribution < -0.4 is 21.3 Å². The molecular weight excluding hydrogens is 363 g/mol. The Morgan fingerprint density at radius 2 is 1.81 bits per heavy atom. The van der Waals surface area contributed by atoms with Crippen LogP contribution in [0, 0.1) is 11.7 Å². The van der Waals surface area contributed by atoms with Crippen LogP contribution in [0.15, 0.2) is 42.5 Å². The van der Waals surface area contributed by atoms with E-state index >= 15 is 0 Å². The van der Waals surface area contributed by atoms with Gasteiger partial charge in [0.1, 0.15) is 5.82 Å². The maximum Gasteiger partial charge on any atom is 0.248 e. The average Bonchev–Trinajstić information content (AvgIpc) is 2.63. The van der Waals surface area contributed by atoms with Crippen molar-refractivity contribution in [2.24, 2.45) is 11.7 Å². The number of halogens is 1. The summed E-state index contributed by atoms with van der Waals surface area (Å²) in [4.78, 5) is 13.4. The van der Waals surface area contributed by atoms with E-state index in [0.717, 1.165) is 31.6 Å². The van der Waals surface area contributed by atoms with Crippen molar-refractivity contribution in [3.05, 3.63) is 53.8 Å². The van der Waals surface area contributed by atoms with Crippen LogP contribution in [0.5, 0.6) is 0 Å². The lowest BCUT2D eigenvalue weighted by Crippen LogP contribution is -2.33. The molecule has 0 saturated carbocycles. The van der Waals surface area contributed by atoms with Crippen molar-refractivity contribution >= 4 is 40.3 Å². The third kappa shape index (κ3) is 4.95. The van der Waals surface area contributed by atoms with Gasteiger partial charge in [-0.3, -0.25) is 4.79 Å². The fourth-order valence-electron chi connectivity index (χ4n) is 3.14. The van der Waals surface area contributed by atoms with E-state index in [9.17, 15) is 9.18 Å². The number of anilines is 3. The second-order valence-corrected chi connectivity index (χ2v) is 7.26. The Kier molecular flexibility index (Phi) is 5.91. The molecule has 1 fully saturated rings. The summed E-state index contributed by atoms with van der Waals surface area (Å²) in [5.74, 6) is -0.0908. The highest BCUT2D eigenvalue weighted by Gasteiger charge is 2.19. The second kappa shape index (κ2) is 8.35. The first-order valence-electron chi connectivity index (χ1n) is 8.95. The Balaban J connectivity index is 1.71. The summed E-state index contributed by atoms with van der Waals surface area (Å²) in [6.45, 7) is 4.14. The van der Waals surface area contributed by atoms with E-state index in [4.69, 9.17) is 18.0 Å². The normalized spacial score (nSPS) is 14.7. The molecule has 2 aromatic carbocycles. The third-order valence-electron chi connectivity index (χ3n) is 4.76. The zero-order valence-corrected chi connectivity index (χ0v) is 16.0. The molecule has 0 aromatic heterocycles. The second-order valence-electron chi connectivity index (χ2n) is 6.85. The molecule has 0 atom stereocenters. The number of carbonyl (C=O) groups excluding carboxylic acids is 1. The van der Waals surface area contributed by atoms with Crippen LogP contribution in [-0.4, -0.2) is 24.1 Å². The minimum atomic E-state index is -0.484. The van der Waals surface area contributed by atoms with Crippen LogP contribution in [0.4, 0.5) is 21.5 Å². The predicted molar refractivity (Wildman–Crippen MR) is 112 cm³/mol. The van der Waals surface area contributed by atoms with Gasteiger partial charge in [0.05, 0.1) is 11.4 Å². The van der Waals surface area contributed by atoms with Crippen molar-refractivity contribution in [3.8, 4) is 0 Å². The molecule has 7 heteroatoms. The fourth-order valence-corrected chi connectivity index (χ4v) is 3.36. The van der Waals surface area contributed by atoms with Crippen molar-refractivity contribution in [1.82, 2.24) is 0 Å². The van der Waals surface area contributed by atoms with Gasteiger partial charge in [-0.15, -0.1) is 0 Å². The SMILES string of the molecule is CC1CCN(c2ccc(F)cc2NC(=S)Nc2ccc(C(N)=O)cc2)CC1. The molecule has 2 aromatic rings. The number of primary amides is 1. The highest BCUT2D eigenvalue weighted by atomic mass is 32.1. The Bertz CT molecular complexity index is 832. The summed E-state index contributed by atoms with van der Waals surface area (Å²) in [6.07, 6.45) is 2.23. The zero-order valence-electron chi connectivity index (χ0n) is 15.2. The van der Waals surface area contributed by atoms with E-state index in [0.29, 0.717) is 28.0 Å². The Morgan fingerprint density at radius 3 is 2.44 bits per heavy atom. The lowest BCUT2D eigenvalue weighted by molar-refractivity contribution is 0.100. The molecule has 142 valence electrons. The van der Waals surface area contributed by atoms with E-state index in [1.165, 1.54) is 12.1 Å². The number of hydrogen-bond acceptors (Lipinski definition) is 3. The van der Waals surface area contributed by atoms with E-state index in [1.807, 2.05) is 0 Å². The first-order chi connectivity index (χ1) is 12.9. The van der Waals surface area contributed by atoms with Gasteiger partial charge in [-0.05, 0) is 73.4 Å². The van der Waals surface area contributed by atoms with Crippen LogP contribution in [0.25, 0.3) is 0 Å². The van der Waals surface area contributed by atoms with Crippen molar-refractivity contribution < 1.29 is 9.18 Å². The van der Waals surface area contributed by atoms with Gasteiger partial charge >= 0.3 is 0 Å². The largest absolute Gasteiger partial charge is 0.370 e. The number of thiocarbonyl (C=S) groups is 1. The van der Waals surface area contributed by atoms with Crippen molar-refractivity contribution in [2.75, 3.05) is 28.6 Å². The van der Waals surface area contributed by atoms with Gasteiger partial charge in [-0.2, -0.15) is 0 Å². The summed E-state index contributed by atoms with van der Waals surface area (Å²) >= 11 is 5.37. The minimum Gasteiger partial charge on any atom is -0.370 e.